The topological polar surface area (TPSA) is 108 Å². The van der Waals surface area contributed by atoms with E-state index in [4.69, 9.17) is 9.15 Å². The molecule has 136 valence electrons. The zero-order valence-electron chi connectivity index (χ0n) is 14.2. The number of benzene rings is 2. The number of non-ortho nitro benzene ring substituents is 1. The van der Waals surface area contributed by atoms with Gasteiger partial charge in [0.1, 0.15) is 0 Å². The van der Waals surface area contributed by atoms with Crippen molar-refractivity contribution < 1.29 is 18.9 Å². The third kappa shape index (κ3) is 3.29. The monoisotopic (exact) mass is 365 g/mol. The van der Waals surface area contributed by atoms with Gasteiger partial charge >= 0.3 is 5.97 Å². The molecule has 8 heteroatoms. The number of hydrogen-bond donors (Lipinski definition) is 0. The van der Waals surface area contributed by atoms with E-state index in [1.54, 1.807) is 0 Å². The predicted molar refractivity (Wildman–Crippen MR) is 93.5 cm³/mol. The lowest BCUT2D eigenvalue weighted by Crippen LogP contribution is -2.23. The van der Waals surface area contributed by atoms with Crippen molar-refractivity contribution in [2.75, 3.05) is 0 Å². The van der Waals surface area contributed by atoms with Gasteiger partial charge in [0.2, 0.25) is 5.89 Å². The van der Waals surface area contributed by atoms with Gasteiger partial charge in [0.15, 0.2) is 6.61 Å². The molecule has 1 heterocycles. The van der Waals surface area contributed by atoms with Crippen LogP contribution in [-0.2, 0) is 21.6 Å². The Bertz CT molecular complexity index is 978. The summed E-state index contributed by atoms with van der Waals surface area (Å²) >= 11 is 0. The highest BCUT2D eigenvalue weighted by molar-refractivity contribution is 5.86. The highest BCUT2D eigenvalue weighted by Crippen LogP contribution is 2.49. The molecule has 0 aliphatic heterocycles. The van der Waals surface area contributed by atoms with Crippen molar-refractivity contribution >= 4 is 11.7 Å². The minimum absolute atomic E-state index is 0.0249. The first-order valence-electron chi connectivity index (χ1n) is 8.38. The highest BCUT2D eigenvalue weighted by Gasteiger charge is 2.52. The summed E-state index contributed by atoms with van der Waals surface area (Å²) in [5.74, 6) is 0.0736. The van der Waals surface area contributed by atoms with Crippen molar-refractivity contribution in [3.63, 3.8) is 0 Å². The van der Waals surface area contributed by atoms with E-state index in [1.165, 1.54) is 24.3 Å². The van der Waals surface area contributed by atoms with Crippen LogP contribution in [0.25, 0.3) is 11.5 Å². The minimum atomic E-state index is -0.567. The van der Waals surface area contributed by atoms with Crippen LogP contribution in [0.5, 0.6) is 0 Å². The number of carbonyl (C=O) groups is 1. The third-order valence-electron chi connectivity index (χ3n) is 4.59. The molecule has 2 aromatic carbocycles. The van der Waals surface area contributed by atoms with Gasteiger partial charge in [-0.2, -0.15) is 0 Å². The largest absolute Gasteiger partial charge is 0.455 e. The van der Waals surface area contributed by atoms with E-state index in [9.17, 15) is 14.9 Å². The number of hydrogen-bond acceptors (Lipinski definition) is 7. The first-order chi connectivity index (χ1) is 13.1. The summed E-state index contributed by atoms with van der Waals surface area (Å²) in [6.45, 7) is -0.118. The summed E-state index contributed by atoms with van der Waals surface area (Å²) in [4.78, 5) is 22.7. The van der Waals surface area contributed by atoms with Gasteiger partial charge in [-0.15, -0.1) is 10.2 Å². The average molecular weight is 365 g/mol. The van der Waals surface area contributed by atoms with E-state index in [1.807, 2.05) is 30.3 Å². The predicted octanol–water partition coefficient (Wildman–Crippen LogP) is 3.42. The van der Waals surface area contributed by atoms with Crippen molar-refractivity contribution in [3.8, 4) is 11.5 Å². The maximum absolute atomic E-state index is 12.5. The molecule has 0 N–H and O–H groups in total. The maximum atomic E-state index is 12.5. The Balaban J connectivity index is 1.41. The fourth-order valence-electron chi connectivity index (χ4n) is 2.91. The van der Waals surface area contributed by atoms with E-state index in [-0.39, 0.29) is 30.0 Å². The molecular formula is C19H15N3O5. The zero-order chi connectivity index (χ0) is 18.9. The van der Waals surface area contributed by atoms with Crippen LogP contribution in [0, 0.1) is 10.1 Å². The van der Waals surface area contributed by atoms with Crippen LogP contribution < -0.4 is 0 Å². The molecule has 0 radical (unpaired) electrons. The lowest BCUT2D eigenvalue weighted by molar-refractivity contribution is -0.384. The number of esters is 1. The number of ether oxygens (including phenoxy) is 1. The number of nitro groups is 1. The molecular weight excluding hydrogens is 350 g/mol. The second kappa shape index (κ2) is 6.64. The van der Waals surface area contributed by atoms with Gasteiger partial charge in [0, 0.05) is 17.7 Å². The van der Waals surface area contributed by atoms with Crippen LogP contribution in [0.1, 0.15) is 24.3 Å². The Hall–Kier alpha value is -3.55. The minimum Gasteiger partial charge on any atom is -0.455 e. The van der Waals surface area contributed by atoms with Crippen LogP contribution in [0.3, 0.4) is 0 Å². The average Bonchev–Trinajstić information content (AvgIpc) is 3.38. The van der Waals surface area contributed by atoms with Crippen molar-refractivity contribution in [2.24, 2.45) is 0 Å². The molecule has 0 saturated heterocycles. The van der Waals surface area contributed by atoms with Gasteiger partial charge in [0.25, 0.3) is 11.6 Å². The smallest absolute Gasteiger partial charge is 0.317 e. The lowest BCUT2D eigenvalue weighted by atomic mass is 9.96. The second-order valence-electron chi connectivity index (χ2n) is 6.33. The molecule has 0 spiro atoms. The molecule has 0 atom stereocenters. The van der Waals surface area contributed by atoms with Gasteiger partial charge in [-0.3, -0.25) is 14.9 Å². The van der Waals surface area contributed by atoms with E-state index in [2.05, 4.69) is 10.2 Å². The summed E-state index contributed by atoms with van der Waals surface area (Å²) in [6.07, 6.45) is 1.52. The zero-order valence-corrected chi connectivity index (χ0v) is 14.2. The van der Waals surface area contributed by atoms with Gasteiger partial charge in [-0.05, 0) is 30.5 Å². The molecule has 0 unspecified atom stereocenters. The molecule has 1 fully saturated rings. The lowest BCUT2D eigenvalue weighted by Gasteiger charge is -2.13. The highest BCUT2D eigenvalue weighted by atomic mass is 16.6. The first-order valence-corrected chi connectivity index (χ1v) is 8.38. The Morgan fingerprint density at radius 3 is 2.44 bits per heavy atom. The van der Waals surface area contributed by atoms with E-state index in [0.717, 1.165) is 18.4 Å². The first kappa shape index (κ1) is 16.9. The number of rotatable bonds is 6. The Morgan fingerprint density at radius 2 is 1.81 bits per heavy atom. The van der Waals surface area contributed by atoms with Crippen molar-refractivity contribution in [1.29, 1.82) is 0 Å². The normalized spacial score (nSPS) is 14.5. The van der Waals surface area contributed by atoms with E-state index >= 15 is 0 Å². The van der Waals surface area contributed by atoms with E-state index in [0.29, 0.717) is 5.56 Å². The number of carbonyl (C=O) groups excluding carboxylic acids is 1. The molecule has 27 heavy (non-hydrogen) atoms. The van der Waals surface area contributed by atoms with Crippen molar-refractivity contribution in [2.45, 2.75) is 24.9 Å². The summed E-state index contributed by atoms with van der Waals surface area (Å²) < 4.78 is 10.9. The number of nitro benzene ring substituents is 1. The van der Waals surface area contributed by atoms with Crippen LogP contribution >= 0.6 is 0 Å². The Labute approximate surface area is 153 Å². The molecule has 0 bridgehead atoms. The van der Waals surface area contributed by atoms with Gasteiger partial charge < -0.3 is 9.15 Å². The summed E-state index contributed by atoms with van der Waals surface area (Å²) in [7, 11) is 0. The van der Waals surface area contributed by atoms with Gasteiger partial charge in [0.05, 0.1) is 10.3 Å². The quantitative estimate of drug-likeness (QED) is 0.374. The molecule has 3 aromatic rings. The number of nitrogens with zero attached hydrogens (tertiary/aromatic N) is 3. The molecule has 8 nitrogen and oxygen atoms in total. The van der Waals surface area contributed by atoms with Crippen molar-refractivity contribution in [1.82, 2.24) is 10.2 Å². The van der Waals surface area contributed by atoms with Crippen LogP contribution in [0.15, 0.2) is 59.0 Å². The second-order valence-corrected chi connectivity index (χ2v) is 6.33. The Morgan fingerprint density at radius 1 is 1.11 bits per heavy atom. The Kier molecular flexibility index (Phi) is 4.15. The van der Waals surface area contributed by atoms with Gasteiger partial charge in [-0.1, -0.05) is 30.3 Å². The third-order valence-corrected chi connectivity index (χ3v) is 4.59. The van der Waals surface area contributed by atoms with Crippen LogP contribution in [-0.4, -0.2) is 21.1 Å². The molecule has 1 aliphatic carbocycles. The van der Waals surface area contributed by atoms with Crippen molar-refractivity contribution in [3.05, 3.63) is 76.2 Å². The fourth-order valence-corrected chi connectivity index (χ4v) is 2.91. The fraction of sp³-hybridized carbons (Fsp3) is 0.211. The summed E-state index contributed by atoms with van der Waals surface area (Å²) in [5, 5.41) is 18.5. The maximum Gasteiger partial charge on any atom is 0.317 e. The molecule has 1 aromatic heterocycles. The summed E-state index contributed by atoms with van der Waals surface area (Å²) in [5.41, 5.74) is 0.909. The van der Waals surface area contributed by atoms with Gasteiger partial charge in [-0.25, -0.2) is 0 Å². The standard InChI is InChI=1S/C19H15N3O5/c23-18(19(10-11-19)14-4-2-1-3-5-14)26-12-16-20-21-17(27-16)13-6-8-15(9-7-13)22(24)25/h1-9H,10-12H2. The van der Waals surface area contributed by atoms with Crippen LogP contribution in [0.4, 0.5) is 5.69 Å². The molecule has 4 rings (SSSR count). The molecule has 0 amide bonds. The molecule has 1 saturated carbocycles. The number of aromatic nitrogens is 2. The SMILES string of the molecule is O=C(OCc1nnc(-c2ccc([N+](=O)[O-])cc2)o1)C1(c2ccccc2)CC1. The molecule has 1 aliphatic rings. The summed E-state index contributed by atoms with van der Waals surface area (Å²) in [6, 6.07) is 15.3. The van der Waals surface area contributed by atoms with Crippen LogP contribution in [0.2, 0.25) is 0 Å². The van der Waals surface area contributed by atoms with E-state index < -0.39 is 10.3 Å².